The lowest BCUT2D eigenvalue weighted by Crippen LogP contribution is -2.38. The SMILES string of the molecule is CCn1cc(CN2Cc3ccnn3[C@H](CCNC(=O)c3ccco3)C2)cn1. The Balaban J connectivity index is 1.37. The van der Waals surface area contributed by atoms with Gasteiger partial charge in [-0.2, -0.15) is 10.2 Å². The summed E-state index contributed by atoms with van der Waals surface area (Å²) in [6.45, 7) is 6.16. The molecule has 0 radical (unpaired) electrons. The molecule has 0 fully saturated rings. The van der Waals surface area contributed by atoms with Crippen molar-refractivity contribution < 1.29 is 9.21 Å². The van der Waals surface area contributed by atoms with Crippen molar-refractivity contribution in [2.75, 3.05) is 13.1 Å². The number of carbonyl (C=O) groups excluding carboxylic acids is 1. The van der Waals surface area contributed by atoms with Crippen LogP contribution >= 0.6 is 0 Å². The van der Waals surface area contributed by atoms with Gasteiger partial charge in [0.15, 0.2) is 5.76 Å². The minimum absolute atomic E-state index is 0.180. The number of hydrogen-bond donors (Lipinski definition) is 1. The summed E-state index contributed by atoms with van der Waals surface area (Å²) in [6, 6.07) is 5.67. The smallest absolute Gasteiger partial charge is 0.286 e. The van der Waals surface area contributed by atoms with Crippen molar-refractivity contribution in [3.05, 3.63) is 60.1 Å². The van der Waals surface area contributed by atoms with E-state index in [-0.39, 0.29) is 11.9 Å². The fourth-order valence-corrected chi connectivity index (χ4v) is 3.57. The molecular formula is C19H24N6O2. The van der Waals surface area contributed by atoms with E-state index in [0.29, 0.717) is 12.3 Å². The molecule has 4 rings (SSSR count). The molecule has 0 bridgehead atoms. The van der Waals surface area contributed by atoms with Gasteiger partial charge in [-0.15, -0.1) is 0 Å². The fourth-order valence-electron chi connectivity index (χ4n) is 3.57. The predicted molar refractivity (Wildman–Crippen MR) is 98.9 cm³/mol. The second-order valence-electron chi connectivity index (χ2n) is 6.82. The second kappa shape index (κ2) is 7.79. The van der Waals surface area contributed by atoms with Crippen molar-refractivity contribution in [2.45, 2.75) is 39.0 Å². The number of fused-ring (bicyclic) bond motifs is 1. The number of aromatic nitrogens is 4. The minimum Gasteiger partial charge on any atom is -0.459 e. The number of hydrogen-bond acceptors (Lipinski definition) is 5. The van der Waals surface area contributed by atoms with Gasteiger partial charge >= 0.3 is 0 Å². The first kappa shape index (κ1) is 17.5. The zero-order chi connectivity index (χ0) is 18.6. The Morgan fingerprint density at radius 3 is 3.07 bits per heavy atom. The number of amides is 1. The molecule has 4 heterocycles. The zero-order valence-electron chi connectivity index (χ0n) is 15.4. The summed E-state index contributed by atoms with van der Waals surface area (Å²) in [7, 11) is 0. The Bertz CT molecular complexity index is 882. The Hall–Kier alpha value is -2.87. The molecule has 0 aromatic carbocycles. The quantitative estimate of drug-likeness (QED) is 0.690. The predicted octanol–water partition coefficient (Wildman–Crippen LogP) is 2.07. The third-order valence-electron chi connectivity index (χ3n) is 4.88. The minimum atomic E-state index is -0.180. The van der Waals surface area contributed by atoms with Crippen LogP contribution in [0, 0.1) is 0 Å². The summed E-state index contributed by atoms with van der Waals surface area (Å²) < 4.78 is 9.17. The molecule has 1 amide bonds. The zero-order valence-corrected chi connectivity index (χ0v) is 15.4. The third-order valence-corrected chi connectivity index (χ3v) is 4.88. The number of aryl methyl sites for hydroxylation is 1. The first-order valence-corrected chi connectivity index (χ1v) is 9.30. The molecule has 142 valence electrons. The molecule has 1 N–H and O–H groups in total. The second-order valence-corrected chi connectivity index (χ2v) is 6.82. The van der Waals surface area contributed by atoms with Crippen LogP contribution in [0.5, 0.6) is 0 Å². The van der Waals surface area contributed by atoms with Gasteiger partial charge in [0.25, 0.3) is 5.91 Å². The van der Waals surface area contributed by atoms with Crippen LogP contribution in [0.3, 0.4) is 0 Å². The largest absolute Gasteiger partial charge is 0.459 e. The Morgan fingerprint density at radius 1 is 1.37 bits per heavy atom. The Labute approximate surface area is 157 Å². The third kappa shape index (κ3) is 3.95. The fraction of sp³-hybridized carbons (Fsp3) is 0.421. The van der Waals surface area contributed by atoms with Gasteiger partial charge in [-0.3, -0.25) is 19.1 Å². The molecule has 1 aliphatic heterocycles. The van der Waals surface area contributed by atoms with Crippen molar-refractivity contribution in [1.82, 2.24) is 29.8 Å². The number of nitrogens with zero attached hydrogens (tertiary/aromatic N) is 5. The molecule has 8 nitrogen and oxygen atoms in total. The van der Waals surface area contributed by atoms with E-state index in [1.807, 2.05) is 17.1 Å². The maximum atomic E-state index is 12.0. The maximum Gasteiger partial charge on any atom is 0.286 e. The Kier molecular flexibility index (Phi) is 5.06. The van der Waals surface area contributed by atoms with Crippen LogP contribution < -0.4 is 5.32 Å². The molecule has 1 atom stereocenters. The van der Waals surface area contributed by atoms with E-state index in [4.69, 9.17) is 4.42 Å². The topological polar surface area (TPSA) is 81.1 Å². The van der Waals surface area contributed by atoms with Gasteiger partial charge in [-0.25, -0.2) is 0 Å². The van der Waals surface area contributed by atoms with Crippen molar-refractivity contribution >= 4 is 5.91 Å². The van der Waals surface area contributed by atoms with Gasteiger partial charge in [0.1, 0.15) is 0 Å². The number of furan rings is 1. The van der Waals surface area contributed by atoms with Gasteiger partial charge in [0, 0.05) is 50.7 Å². The van der Waals surface area contributed by atoms with Gasteiger partial charge in [0.05, 0.1) is 24.2 Å². The van der Waals surface area contributed by atoms with Gasteiger partial charge in [-0.1, -0.05) is 0 Å². The van der Waals surface area contributed by atoms with E-state index in [1.54, 1.807) is 12.1 Å². The number of nitrogens with one attached hydrogen (secondary N) is 1. The lowest BCUT2D eigenvalue weighted by molar-refractivity contribution is 0.0919. The van der Waals surface area contributed by atoms with E-state index in [9.17, 15) is 4.79 Å². The number of carbonyl (C=O) groups is 1. The highest BCUT2D eigenvalue weighted by Gasteiger charge is 2.25. The Morgan fingerprint density at radius 2 is 2.30 bits per heavy atom. The highest BCUT2D eigenvalue weighted by Crippen LogP contribution is 2.24. The van der Waals surface area contributed by atoms with Crippen LogP contribution in [0.1, 0.15) is 41.2 Å². The van der Waals surface area contributed by atoms with Crippen molar-refractivity contribution in [3.63, 3.8) is 0 Å². The molecule has 0 unspecified atom stereocenters. The summed E-state index contributed by atoms with van der Waals surface area (Å²) in [6.07, 6.45) is 8.21. The molecule has 1 aliphatic rings. The van der Waals surface area contributed by atoms with Crippen LogP contribution in [0.25, 0.3) is 0 Å². The van der Waals surface area contributed by atoms with E-state index in [2.05, 4.69) is 44.3 Å². The summed E-state index contributed by atoms with van der Waals surface area (Å²) in [5, 5.41) is 11.8. The standard InChI is InChI=1S/C19H24N6O2/c1-2-24-12-15(10-22-24)11-23-13-16(25-17(14-23)6-8-21-25)5-7-20-19(26)18-4-3-9-27-18/h3-4,6,8-10,12,16H,2,5,7,11,13-14H2,1H3,(H,20,26)/t16-/m1/s1. The molecule has 0 saturated carbocycles. The molecule has 3 aromatic heterocycles. The normalized spacial score (nSPS) is 17.0. The monoisotopic (exact) mass is 368 g/mol. The summed E-state index contributed by atoms with van der Waals surface area (Å²) >= 11 is 0. The van der Waals surface area contributed by atoms with Gasteiger partial charge in [-0.05, 0) is 31.5 Å². The molecule has 0 aliphatic carbocycles. The van der Waals surface area contributed by atoms with E-state index in [0.717, 1.165) is 32.6 Å². The van der Waals surface area contributed by atoms with Crippen LogP contribution in [0.4, 0.5) is 0 Å². The van der Waals surface area contributed by atoms with E-state index >= 15 is 0 Å². The summed E-state index contributed by atoms with van der Waals surface area (Å²) in [4.78, 5) is 14.4. The van der Waals surface area contributed by atoms with E-state index < -0.39 is 0 Å². The molecule has 0 saturated heterocycles. The van der Waals surface area contributed by atoms with Crippen LogP contribution in [-0.2, 0) is 19.6 Å². The lowest BCUT2D eigenvalue weighted by Gasteiger charge is -2.33. The average molecular weight is 368 g/mol. The summed E-state index contributed by atoms with van der Waals surface area (Å²) in [5.74, 6) is 0.160. The molecular weight excluding hydrogens is 344 g/mol. The lowest BCUT2D eigenvalue weighted by atomic mass is 10.1. The van der Waals surface area contributed by atoms with Gasteiger partial charge < -0.3 is 9.73 Å². The highest BCUT2D eigenvalue weighted by molar-refractivity contribution is 5.91. The van der Waals surface area contributed by atoms with Crippen molar-refractivity contribution in [3.8, 4) is 0 Å². The molecule has 3 aromatic rings. The first-order chi connectivity index (χ1) is 13.2. The first-order valence-electron chi connectivity index (χ1n) is 9.30. The summed E-state index contributed by atoms with van der Waals surface area (Å²) in [5.41, 5.74) is 2.42. The van der Waals surface area contributed by atoms with E-state index in [1.165, 1.54) is 17.5 Å². The van der Waals surface area contributed by atoms with Crippen molar-refractivity contribution in [1.29, 1.82) is 0 Å². The van der Waals surface area contributed by atoms with Crippen LogP contribution in [-0.4, -0.2) is 43.5 Å². The maximum absolute atomic E-state index is 12.0. The van der Waals surface area contributed by atoms with Crippen molar-refractivity contribution in [2.24, 2.45) is 0 Å². The van der Waals surface area contributed by atoms with Crippen LogP contribution in [0.2, 0.25) is 0 Å². The number of rotatable bonds is 7. The average Bonchev–Trinajstić information content (AvgIpc) is 3.42. The highest BCUT2D eigenvalue weighted by atomic mass is 16.3. The van der Waals surface area contributed by atoms with Crippen LogP contribution in [0.15, 0.2) is 47.5 Å². The molecule has 27 heavy (non-hydrogen) atoms. The van der Waals surface area contributed by atoms with Gasteiger partial charge in [0.2, 0.25) is 0 Å². The molecule has 8 heteroatoms. The molecule has 0 spiro atoms.